The maximum Gasteiger partial charge on any atom is 0.119 e. The lowest BCUT2D eigenvalue weighted by atomic mass is 10.0. The summed E-state index contributed by atoms with van der Waals surface area (Å²) in [5.41, 5.74) is 2.79. The fraction of sp³-hybridized carbons (Fsp3) is 0.524. The second-order valence-electron chi connectivity index (χ2n) is 7.38. The molecule has 2 aliphatic heterocycles. The Morgan fingerprint density at radius 2 is 1.85 bits per heavy atom. The number of rotatable bonds is 5. The summed E-state index contributed by atoms with van der Waals surface area (Å²) in [6.07, 6.45) is 2.68. The van der Waals surface area contributed by atoms with E-state index < -0.39 is 0 Å². The van der Waals surface area contributed by atoms with Crippen molar-refractivity contribution in [2.75, 3.05) is 51.3 Å². The predicted octanol–water partition coefficient (Wildman–Crippen LogP) is 3.54. The van der Waals surface area contributed by atoms with Gasteiger partial charge in [0.05, 0.1) is 7.11 Å². The van der Waals surface area contributed by atoms with Gasteiger partial charge in [0.15, 0.2) is 0 Å². The summed E-state index contributed by atoms with van der Waals surface area (Å²) in [5, 5.41) is 4.48. The van der Waals surface area contributed by atoms with Crippen LogP contribution in [0.2, 0.25) is 0 Å². The lowest BCUT2D eigenvalue weighted by Gasteiger charge is -2.44. The van der Waals surface area contributed by atoms with E-state index >= 15 is 0 Å². The third-order valence-corrected chi connectivity index (χ3v) is 6.47. The third-order valence-electron chi connectivity index (χ3n) is 5.74. The molecule has 1 atom stereocenters. The molecule has 0 amide bonds. The van der Waals surface area contributed by atoms with E-state index in [0.717, 1.165) is 31.4 Å². The van der Waals surface area contributed by atoms with Crippen molar-refractivity contribution >= 4 is 17.0 Å². The Kier molecular flexibility index (Phi) is 5.78. The number of piperidine rings is 1. The van der Waals surface area contributed by atoms with E-state index in [1.54, 1.807) is 18.4 Å². The van der Waals surface area contributed by atoms with Crippen LogP contribution in [0.1, 0.15) is 18.4 Å². The summed E-state index contributed by atoms with van der Waals surface area (Å²) in [7, 11) is 1.72. The van der Waals surface area contributed by atoms with Gasteiger partial charge < -0.3 is 9.64 Å². The fourth-order valence-electron chi connectivity index (χ4n) is 4.25. The average Bonchev–Trinajstić information content (AvgIpc) is 3.21. The van der Waals surface area contributed by atoms with Crippen molar-refractivity contribution in [2.45, 2.75) is 25.4 Å². The summed E-state index contributed by atoms with van der Waals surface area (Å²) in [6.45, 7) is 8.16. The molecule has 3 heterocycles. The van der Waals surface area contributed by atoms with Gasteiger partial charge >= 0.3 is 0 Å². The highest BCUT2D eigenvalue weighted by atomic mass is 32.1. The normalized spacial score (nSPS) is 22.5. The maximum atomic E-state index is 5.27. The van der Waals surface area contributed by atoms with Gasteiger partial charge in [0.25, 0.3) is 0 Å². The summed E-state index contributed by atoms with van der Waals surface area (Å²) in [4.78, 5) is 7.87. The Bertz CT molecular complexity index is 665. The van der Waals surface area contributed by atoms with Crippen molar-refractivity contribution in [1.82, 2.24) is 9.80 Å². The van der Waals surface area contributed by atoms with E-state index in [1.807, 2.05) is 0 Å². The average molecular weight is 372 g/mol. The lowest BCUT2D eigenvalue weighted by Crippen LogP contribution is -2.55. The number of ether oxygens (including phenoxy) is 1. The van der Waals surface area contributed by atoms with E-state index in [-0.39, 0.29) is 0 Å². The number of hydrogen-bond acceptors (Lipinski definition) is 5. The molecule has 2 aromatic rings. The molecule has 0 N–H and O–H groups in total. The molecule has 2 aliphatic rings. The molecule has 140 valence electrons. The number of hydrogen-bond donors (Lipinski definition) is 0. The molecule has 0 unspecified atom stereocenters. The number of methoxy groups -OCH3 is 1. The largest absolute Gasteiger partial charge is 0.497 e. The maximum absolute atomic E-state index is 5.27. The minimum Gasteiger partial charge on any atom is -0.497 e. The first kappa shape index (κ1) is 17.8. The number of anilines is 1. The number of likely N-dealkylation sites (tertiary alicyclic amines) is 1. The van der Waals surface area contributed by atoms with Crippen LogP contribution in [0.25, 0.3) is 0 Å². The van der Waals surface area contributed by atoms with E-state index in [4.69, 9.17) is 4.74 Å². The van der Waals surface area contributed by atoms with Crippen molar-refractivity contribution in [3.8, 4) is 5.75 Å². The quantitative estimate of drug-likeness (QED) is 0.800. The monoisotopic (exact) mass is 371 g/mol. The summed E-state index contributed by atoms with van der Waals surface area (Å²) < 4.78 is 5.27. The van der Waals surface area contributed by atoms with Gasteiger partial charge in [-0.3, -0.25) is 9.80 Å². The molecule has 1 aromatic heterocycles. The lowest BCUT2D eigenvalue weighted by molar-refractivity contribution is 0.0888. The van der Waals surface area contributed by atoms with Gasteiger partial charge in [-0.2, -0.15) is 11.3 Å². The Morgan fingerprint density at radius 3 is 2.54 bits per heavy atom. The van der Waals surface area contributed by atoms with Crippen LogP contribution in [0.4, 0.5) is 5.69 Å². The van der Waals surface area contributed by atoms with Gasteiger partial charge in [0.1, 0.15) is 5.75 Å². The first-order chi connectivity index (χ1) is 12.8. The Labute approximate surface area is 161 Å². The van der Waals surface area contributed by atoms with Gasteiger partial charge in [-0.1, -0.05) is 0 Å². The topological polar surface area (TPSA) is 19.0 Å². The Morgan fingerprint density at radius 1 is 1.04 bits per heavy atom. The number of nitrogens with zero attached hydrogens (tertiary/aromatic N) is 3. The zero-order valence-corrected chi connectivity index (χ0v) is 16.5. The minimum absolute atomic E-state index is 0.723. The number of thiophene rings is 1. The Hall–Kier alpha value is -1.56. The highest BCUT2D eigenvalue weighted by Gasteiger charge is 2.28. The Balaban J connectivity index is 1.29. The van der Waals surface area contributed by atoms with Crippen LogP contribution in [-0.4, -0.2) is 62.2 Å². The zero-order valence-electron chi connectivity index (χ0n) is 15.6. The first-order valence-electron chi connectivity index (χ1n) is 9.68. The van der Waals surface area contributed by atoms with E-state index in [0.29, 0.717) is 0 Å². The molecule has 0 spiro atoms. The molecule has 4 nitrogen and oxygen atoms in total. The summed E-state index contributed by atoms with van der Waals surface area (Å²) >= 11 is 1.81. The van der Waals surface area contributed by atoms with Gasteiger partial charge in [-0.05, 0) is 66.0 Å². The molecule has 26 heavy (non-hydrogen) atoms. The predicted molar refractivity (Wildman–Crippen MR) is 109 cm³/mol. The molecule has 2 fully saturated rings. The van der Waals surface area contributed by atoms with Gasteiger partial charge in [0, 0.05) is 51.0 Å². The van der Waals surface area contributed by atoms with Crippen molar-refractivity contribution in [3.63, 3.8) is 0 Å². The third kappa shape index (κ3) is 4.22. The van der Waals surface area contributed by atoms with Crippen LogP contribution >= 0.6 is 11.3 Å². The highest BCUT2D eigenvalue weighted by molar-refractivity contribution is 7.07. The molecule has 0 radical (unpaired) electrons. The molecule has 0 bridgehead atoms. The van der Waals surface area contributed by atoms with Crippen molar-refractivity contribution in [3.05, 3.63) is 46.7 Å². The standard InChI is InChI=1S/C21H29N3OS/c1-25-21-6-4-19(5-7-21)23-10-12-24(13-11-23)20-3-2-9-22(16-20)15-18-8-14-26-17-18/h4-8,14,17,20H,2-3,9-13,15-16H2,1H3/t20-/m0/s1. The molecule has 5 heteroatoms. The molecule has 2 saturated heterocycles. The summed E-state index contributed by atoms with van der Waals surface area (Å²) in [5.74, 6) is 0.931. The smallest absolute Gasteiger partial charge is 0.119 e. The molecular formula is C21H29N3OS. The van der Waals surface area contributed by atoms with Crippen LogP contribution in [0.5, 0.6) is 5.75 Å². The number of piperazine rings is 1. The van der Waals surface area contributed by atoms with Crippen LogP contribution in [0.15, 0.2) is 41.1 Å². The highest BCUT2D eigenvalue weighted by Crippen LogP contribution is 2.23. The van der Waals surface area contributed by atoms with Crippen molar-refractivity contribution in [2.24, 2.45) is 0 Å². The van der Waals surface area contributed by atoms with Crippen LogP contribution in [0.3, 0.4) is 0 Å². The molecule has 4 rings (SSSR count). The fourth-order valence-corrected chi connectivity index (χ4v) is 4.91. The van der Waals surface area contributed by atoms with E-state index in [9.17, 15) is 0 Å². The second-order valence-corrected chi connectivity index (χ2v) is 8.16. The van der Waals surface area contributed by atoms with E-state index in [1.165, 1.54) is 50.3 Å². The van der Waals surface area contributed by atoms with E-state index in [2.05, 4.69) is 55.8 Å². The van der Waals surface area contributed by atoms with Crippen molar-refractivity contribution < 1.29 is 4.74 Å². The molecule has 0 saturated carbocycles. The van der Waals surface area contributed by atoms with Gasteiger partial charge in [-0.25, -0.2) is 0 Å². The molecule has 1 aromatic carbocycles. The van der Waals surface area contributed by atoms with Gasteiger partial charge in [-0.15, -0.1) is 0 Å². The number of benzene rings is 1. The first-order valence-corrected chi connectivity index (χ1v) is 10.6. The molecular weight excluding hydrogens is 342 g/mol. The van der Waals surface area contributed by atoms with Crippen molar-refractivity contribution in [1.29, 1.82) is 0 Å². The molecule has 0 aliphatic carbocycles. The van der Waals surface area contributed by atoms with Gasteiger partial charge in [0.2, 0.25) is 0 Å². The second kappa shape index (κ2) is 8.42. The van der Waals surface area contributed by atoms with Crippen LogP contribution in [0, 0.1) is 0 Å². The zero-order chi connectivity index (χ0) is 17.8. The van der Waals surface area contributed by atoms with Crippen LogP contribution in [-0.2, 0) is 6.54 Å². The minimum atomic E-state index is 0.723. The van der Waals surface area contributed by atoms with Crippen LogP contribution < -0.4 is 9.64 Å². The summed E-state index contributed by atoms with van der Waals surface area (Å²) in [6, 6.07) is 11.5. The SMILES string of the molecule is COc1ccc(N2CCN([C@H]3CCCN(Cc4ccsc4)C3)CC2)cc1.